The van der Waals surface area contributed by atoms with Crippen molar-refractivity contribution < 1.29 is 9.90 Å². The molecule has 1 heterocycles. The molecule has 0 unspecified atom stereocenters. The van der Waals surface area contributed by atoms with E-state index in [0.717, 1.165) is 28.1 Å². The molecule has 0 amide bonds. The van der Waals surface area contributed by atoms with Gasteiger partial charge < -0.3 is 5.11 Å². The molecular formula is C12H12N4O2S. The molecule has 0 aliphatic rings. The Kier molecular flexibility index (Phi) is 4.30. The van der Waals surface area contributed by atoms with Crippen LogP contribution in [0.25, 0.3) is 6.08 Å². The Morgan fingerprint density at radius 3 is 2.74 bits per heavy atom. The lowest BCUT2D eigenvalue weighted by Crippen LogP contribution is -1.93. The number of carboxylic acids is 1. The van der Waals surface area contributed by atoms with Crippen molar-refractivity contribution in [3.05, 3.63) is 41.5 Å². The van der Waals surface area contributed by atoms with Crippen molar-refractivity contribution in [1.82, 2.24) is 20.2 Å². The smallest absolute Gasteiger partial charge is 0.328 e. The number of nitrogens with zero attached hydrogens (tertiary/aromatic N) is 4. The summed E-state index contributed by atoms with van der Waals surface area (Å²) in [6, 6.07) is 7.67. The molecule has 1 aromatic carbocycles. The molecule has 0 aliphatic heterocycles. The van der Waals surface area contributed by atoms with E-state index in [-0.39, 0.29) is 0 Å². The number of aliphatic carboxylic acids is 1. The van der Waals surface area contributed by atoms with Crippen molar-refractivity contribution in [2.45, 2.75) is 10.9 Å². The first-order chi connectivity index (χ1) is 9.15. The highest BCUT2D eigenvalue weighted by atomic mass is 32.2. The molecule has 2 aromatic rings. The van der Waals surface area contributed by atoms with E-state index in [0.29, 0.717) is 0 Å². The van der Waals surface area contributed by atoms with E-state index >= 15 is 0 Å². The van der Waals surface area contributed by atoms with Gasteiger partial charge in [0.2, 0.25) is 5.16 Å². The van der Waals surface area contributed by atoms with Crippen LogP contribution in [0.4, 0.5) is 0 Å². The van der Waals surface area contributed by atoms with E-state index in [1.165, 1.54) is 0 Å². The Labute approximate surface area is 114 Å². The molecule has 6 nitrogen and oxygen atoms in total. The Bertz CT molecular complexity index is 592. The average molecular weight is 276 g/mol. The lowest BCUT2D eigenvalue weighted by molar-refractivity contribution is -0.131. The molecule has 1 aromatic heterocycles. The summed E-state index contributed by atoms with van der Waals surface area (Å²) in [6.07, 6.45) is 2.68. The SMILES string of the molecule is Cn1nnnc1SCc1ccc(/C=C/C(=O)O)cc1. The molecule has 0 fully saturated rings. The second kappa shape index (κ2) is 6.14. The standard InChI is InChI=1S/C12H12N4O2S/c1-16-12(13-14-15-16)19-8-10-4-2-9(3-5-10)6-7-11(17)18/h2-7H,8H2,1H3,(H,17,18)/b7-6+. The first kappa shape index (κ1) is 13.3. The Morgan fingerprint density at radius 1 is 1.42 bits per heavy atom. The summed E-state index contributed by atoms with van der Waals surface area (Å²) >= 11 is 1.55. The van der Waals surface area contributed by atoms with Crippen LogP contribution < -0.4 is 0 Å². The van der Waals surface area contributed by atoms with E-state index < -0.39 is 5.97 Å². The van der Waals surface area contributed by atoms with E-state index in [4.69, 9.17) is 5.11 Å². The van der Waals surface area contributed by atoms with Crippen molar-refractivity contribution in [2.24, 2.45) is 7.05 Å². The summed E-state index contributed by atoms with van der Waals surface area (Å²) in [5.41, 5.74) is 1.98. The van der Waals surface area contributed by atoms with Gasteiger partial charge in [0.1, 0.15) is 0 Å². The van der Waals surface area contributed by atoms with Gasteiger partial charge in [0, 0.05) is 18.9 Å². The molecule has 0 radical (unpaired) electrons. The summed E-state index contributed by atoms with van der Waals surface area (Å²) in [5, 5.41) is 20.5. The largest absolute Gasteiger partial charge is 0.478 e. The fourth-order valence-electron chi connectivity index (χ4n) is 1.38. The number of aromatic nitrogens is 4. The second-order valence-electron chi connectivity index (χ2n) is 3.79. The zero-order valence-electron chi connectivity index (χ0n) is 10.2. The van der Waals surface area contributed by atoms with Gasteiger partial charge in [-0.05, 0) is 27.6 Å². The fourth-order valence-corrected chi connectivity index (χ4v) is 2.19. The van der Waals surface area contributed by atoms with E-state index in [9.17, 15) is 4.79 Å². The third kappa shape index (κ3) is 3.92. The van der Waals surface area contributed by atoms with Crippen molar-refractivity contribution in [3.8, 4) is 0 Å². The molecular weight excluding hydrogens is 264 g/mol. The van der Waals surface area contributed by atoms with Gasteiger partial charge in [-0.15, -0.1) is 5.10 Å². The number of benzene rings is 1. The average Bonchev–Trinajstić information content (AvgIpc) is 2.81. The second-order valence-corrected chi connectivity index (χ2v) is 4.73. The molecule has 0 saturated carbocycles. The molecule has 98 valence electrons. The number of thioether (sulfide) groups is 1. The lowest BCUT2D eigenvalue weighted by atomic mass is 10.1. The number of aryl methyl sites for hydroxylation is 1. The van der Waals surface area contributed by atoms with Gasteiger partial charge in [0.15, 0.2) is 0 Å². The summed E-state index contributed by atoms with van der Waals surface area (Å²) < 4.78 is 1.62. The summed E-state index contributed by atoms with van der Waals surface area (Å²) in [7, 11) is 1.79. The minimum atomic E-state index is -0.950. The molecule has 1 N–H and O–H groups in total. The molecule has 0 atom stereocenters. The van der Waals surface area contributed by atoms with Crippen LogP contribution in [0.15, 0.2) is 35.5 Å². The maximum absolute atomic E-state index is 10.4. The fraction of sp³-hybridized carbons (Fsp3) is 0.167. The zero-order chi connectivity index (χ0) is 13.7. The first-order valence-corrected chi connectivity index (χ1v) is 6.49. The van der Waals surface area contributed by atoms with Gasteiger partial charge >= 0.3 is 5.97 Å². The minimum absolute atomic E-state index is 0.759. The van der Waals surface area contributed by atoms with Gasteiger partial charge in [-0.25, -0.2) is 9.48 Å². The molecule has 0 saturated heterocycles. The van der Waals surface area contributed by atoms with Crippen LogP contribution in [0, 0.1) is 0 Å². The minimum Gasteiger partial charge on any atom is -0.478 e. The molecule has 0 spiro atoms. The Hall–Kier alpha value is -2.15. The Morgan fingerprint density at radius 2 is 2.16 bits per heavy atom. The van der Waals surface area contributed by atoms with Crippen molar-refractivity contribution in [1.29, 1.82) is 0 Å². The maximum Gasteiger partial charge on any atom is 0.328 e. The number of hydrogen-bond acceptors (Lipinski definition) is 5. The summed E-state index contributed by atoms with van der Waals surface area (Å²) in [5.74, 6) is -0.189. The Balaban J connectivity index is 1.95. The predicted octanol–water partition coefficient (Wildman–Crippen LogP) is 1.60. The van der Waals surface area contributed by atoms with Gasteiger partial charge in [-0.1, -0.05) is 36.0 Å². The highest BCUT2D eigenvalue weighted by Crippen LogP contribution is 2.19. The van der Waals surface area contributed by atoms with Crippen LogP contribution in [0.5, 0.6) is 0 Å². The number of hydrogen-bond donors (Lipinski definition) is 1. The van der Waals surface area contributed by atoms with Crippen LogP contribution in [-0.4, -0.2) is 31.3 Å². The third-order valence-electron chi connectivity index (χ3n) is 2.35. The monoisotopic (exact) mass is 276 g/mol. The van der Waals surface area contributed by atoms with Gasteiger partial charge in [0.25, 0.3) is 0 Å². The topological polar surface area (TPSA) is 80.9 Å². The molecule has 19 heavy (non-hydrogen) atoms. The first-order valence-electron chi connectivity index (χ1n) is 5.50. The third-order valence-corrected chi connectivity index (χ3v) is 3.43. The van der Waals surface area contributed by atoms with Crippen LogP contribution in [0.3, 0.4) is 0 Å². The van der Waals surface area contributed by atoms with Crippen LogP contribution in [-0.2, 0) is 17.6 Å². The van der Waals surface area contributed by atoms with Crippen LogP contribution in [0.1, 0.15) is 11.1 Å². The van der Waals surface area contributed by atoms with E-state index in [2.05, 4.69) is 15.5 Å². The lowest BCUT2D eigenvalue weighted by Gasteiger charge is -2.01. The van der Waals surface area contributed by atoms with Gasteiger partial charge in [-0.3, -0.25) is 0 Å². The van der Waals surface area contributed by atoms with Crippen LogP contribution >= 0.6 is 11.8 Å². The normalized spacial score (nSPS) is 11.0. The van der Waals surface area contributed by atoms with Gasteiger partial charge in [-0.2, -0.15) is 0 Å². The quantitative estimate of drug-likeness (QED) is 0.660. The van der Waals surface area contributed by atoms with Crippen molar-refractivity contribution >= 4 is 23.8 Å². The highest BCUT2D eigenvalue weighted by molar-refractivity contribution is 7.98. The predicted molar refractivity (Wildman–Crippen MR) is 71.5 cm³/mol. The molecule has 7 heteroatoms. The van der Waals surface area contributed by atoms with Crippen molar-refractivity contribution in [2.75, 3.05) is 0 Å². The summed E-state index contributed by atoms with van der Waals surface area (Å²) in [4.78, 5) is 10.4. The van der Waals surface area contributed by atoms with E-state index in [1.54, 1.807) is 29.6 Å². The molecule has 2 rings (SSSR count). The summed E-state index contributed by atoms with van der Waals surface area (Å²) in [6.45, 7) is 0. The van der Waals surface area contributed by atoms with Gasteiger partial charge in [0.05, 0.1) is 0 Å². The maximum atomic E-state index is 10.4. The van der Waals surface area contributed by atoms with Crippen LogP contribution in [0.2, 0.25) is 0 Å². The number of tetrazole rings is 1. The highest BCUT2D eigenvalue weighted by Gasteiger charge is 2.03. The van der Waals surface area contributed by atoms with E-state index in [1.807, 2.05) is 24.3 Å². The molecule has 0 aliphatic carbocycles. The van der Waals surface area contributed by atoms with Crippen molar-refractivity contribution in [3.63, 3.8) is 0 Å². The number of carboxylic acid groups (broad SMARTS) is 1. The number of rotatable bonds is 5. The zero-order valence-corrected chi connectivity index (χ0v) is 11.0. The molecule has 0 bridgehead atoms. The number of carbonyl (C=O) groups is 1.